The van der Waals surface area contributed by atoms with Gasteiger partial charge in [-0.15, -0.1) is 0 Å². The van der Waals surface area contributed by atoms with E-state index in [1.807, 2.05) is 6.07 Å². The fourth-order valence-corrected chi connectivity index (χ4v) is 2.58. The average molecular weight is 273 g/mol. The first kappa shape index (κ1) is 12.9. The molecule has 20 heavy (non-hydrogen) atoms. The Hall–Kier alpha value is -2.14. The highest BCUT2D eigenvalue weighted by atomic mass is 19.1. The highest BCUT2D eigenvalue weighted by molar-refractivity contribution is 5.92. The van der Waals surface area contributed by atoms with Crippen molar-refractivity contribution in [2.75, 3.05) is 19.6 Å². The molecular formula is C15H16FN3O. The minimum absolute atomic E-state index is 0.0502. The van der Waals surface area contributed by atoms with E-state index in [-0.39, 0.29) is 17.8 Å². The first-order valence-electron chi connectivity index (χ1n) is 6.66. The van der Waals surface area contributed by atoms with Gasteiger partial charge in [-0.1, -0.05) is 12.1 Å². The largest absolute Gasteiger partial charge is 0.357 e. The first-order valence-corrected chi connectivity index (χ1v) is 6.66. The highest BCUT2D eigenvalue weighted by Gasteiger charge is 2.29. The number of aromatic nitrogens is 1. The van der Waals surface area contributed by atoms with Crippen molar-refractivity contribution >= 4 is 5.91 Å². The molecule has 2 N–H and O–H groups in total. The first-order chi connectivity index (χ1) is 9.75. The summed E-state index contributed by atoms with van der Waals surface area (Å²) in [6, 6.07) is 9.85. The summed E-state index contributed by atoms with van der Waals surface area (Å²) in [4.78, 5) is 17.2. The van der Waals surface area contributed by atoms with E-state index in [1.165, 1.54) is 12.1 Å². The quantitative estimate of drug-likeness (QED) is 0.878. The van der Waals surface area contributed by atoms with Crippen molar-refractivity contribution in [3.63, 3.8) is 0 Å². The number of H-pyrrole nitrogens is 1. The number of benzene rings is 1. The Bertz CT molecular complexity index is 597. The Morgan fingerprint density at radius 1 is 1.30 bits per heavy atom. The number of piperazine rings is 1. The van der Waals surface area contributed by atoms with Gasteiger partial charge >= 0.3 is 0 Å². The normalized spacial score (nSPS) is 19.1. The zero-order valence-electron chi connectivity index (χ0n) is 11.0. The van der Waals surface area contributed by atoms with Crippen LogP contribution >= 0.6 is 0 Å². The number of halogens is 1. The molecule has 0 saturated carbocycles. The summed E-state index contributed by atoms with van der Waals surface area (Å²) < 4.78 is 13.4. The SMILES string of the molecule is O=C(c1ccc[nH]1)N1CCNCC1c1cccc(F)c1. The van der Waals surface area contributed by atoms with E-state index >= 15 is 0 Å². The van der Waals surface area contributed by atoms with Gasteiger partial charge in [0.25, 0.3) is 5.91 Å². The van der Waals surface area contributed by atoms with Crippen molar-refractivity contribution in [1.29, 1.82) is 0 Å². The summed E-state index contributed by atoms with van der Waals surface area (Å²) >= 11 is 0. The molecule has 5 heteroatoms. The molecule has 1 saturated heterocycles. The molecule has 0 bridgehead atoms. The standard InChI is InChI=1S/C15H16FN3O/c16-12-4-1-3-11(9-12)14-10-17-7-8-19(14)15(20)13-5-2-6-18-13/h1-6,9,14,17-18H,7-8,10H2. The molecule has 1 aromatic heterocycles. The van der Waals surface area contributed by atoms with Gasteiger partial charge < -0.3 is 15.2 Å². The lowest BCUT2D eigenvalue weighted by atomic mass is 10.0. The van der Waals surface area contributed by atoms with Crippen LogP contribution in [0.2, 0.25) is 0 Å². The number of carbonyl (C=O) groups is 1. The summed E-state index contributed by atoms with van der Waals surface area (Å²) in [7, 11) is 0. The minimum Gasteiger partial charge on any atom is -0.357 e. The highest BCUT2D eigenvalue weighted by Crippen LogP contribution is 2.24. The van der Waals surface area contributed by atoms with Crippen LogP contribution in [0, 0.1) is 5.82 Å². The summed E-state index contributed by atoms with van der Waals surface area (Å²) in [6.45, 7) is 1.99. The number of amides is 1. The van der Waals surface area contributed by atoms with E-state index in [4.69, 9.17) is 0 Å². The van der Waals surface area contributed by atoms with Crippen molar-refractivity contribution in [2.24, 2.45) is 0 Å². The topological polar surface area (TPSA) is 48.1 Å². The van der Waals surface area contributed by atoms with E-state index in [2.05, 4.69) is 10.3 Å². The molecule has 2 heterocycles. The van der Waals surface area contributed by atoms with Gasteiger partial charge in [-0.05, 0) is 29.8 Å². The maximum Gasteiger partial charge on any atom is 0.270 e. The molecule has 1 aromatic carbocycles. The zero-order chi connectivity index (χ0) is 13.9. The third-order valence-corrected chi connectivity index (χ3v) is 3.57. The molecule has 4 nitrogen and oxygen atoms in total. The van der Waals surface area contributed by atoms with Gasteiger partial charge in [0, 0.05) is 25.8 Å². The number of aromatic amines is 1. The molecule has 1 atom stereocenters. The lowest BCUT2D eigenvalue weighted by Gasteiger charge is -2.36. The number of nitrogens with one attached hydrogen (secondary N) is 2. The molecule has 1 aliphatic heterocycles. The second-order valence-corrected chi connectivity index (χ2v) is 4.86. The lowest BCUT2D eigenvalue weighted by Crippen LogP contribution is -2.48. The number of hydrogen-bond donors (Lipinski definition) is 2. The van der Waals surface area contributed by atoms with Crippen molar-refractivity contribution in [1.82, 2.24) is 15.2 Å². The molecule has 0 radical (unpaired) electrons. The maximum absolute atomic E-state index is 13.4. The van der Waals surface area contributed by atoms with Crippen LogP contribution in [0.25, 0.3) is 0 Å². The Kier molecular flexibility index (Phi) is 3.52. The Labute approximate surface area is 116 Å². The van der Waals surface area contributed by atoms with Crippen LogP contribution in [0.15, 0.2) is 42.6 Å². The smallest absolute Gasteiger partial charge is 0.270 e. The van der Waals surface area contributed by atoms with Gasteiger partial charge in [-0.3, -0.25) is 4.79 Å². The lowest BCUT2D eigenvalue weighted by molar-refractivity contribution is 0.0628. The van der Waals surface area contributed by atoms with E-state index < -0.39 is 0 Å². The molecule has 0 spiro atoms. The van der Waals surface area contributed by atoms with Crippen LogP contribution < -0.4 is 5.32 Å². The van der Waals surface area contributed by atoms with Crippen LogP contribution in [-0.2, 0) is 0 Å². The number of nitrogens with zero attached hydrogens (tertiary/aromatic N) is 1. The average Bonchev–Trinajstić information content (AvgIpc) is 3.01. The Morgan fingerprint density at radius 2 is 2.20 bits per heavy atom. The summed E-state index contributed by atoms with van der Waals surface area (Å²) in [5.74, 6) is -0.328. The van der Waals surface area contributed by atoms with Gasteiger partial charge in [0.2, 0.25) is 0 Å². The fraction of sp³-hybridized carbons (Fsp3) is 0.267. The minimum atomic E-state index is -0.277. The van der Waals surface area contributed by atoms with Crippen LogP contribution in [-0.4, -0.2) is 35.4 Å². The monoisotopic (exact) mass is 273 g/mol. The van der Waals surface area contributed by atoms with Crippen molar-refractivity contribution in [2.45, 2.75) is 6.04 Å². The van der Waals surface area contributed by atoms with Crippen LogP contribution in [0.5, 0.6) is 0 Å². The molecule has 1 fully saturated rings. The molecule has 1 unspecified atom stereocenters. The number of rotatable bonds is 2. The second-order valence-electron chi connectivity index (χ2n) is 4.86. The number of carbonyl (C=O) groups excluding carboxylic acids is 1. The summed E-state index contributed by atoms with van der Waals surface area (Å²) in [5.41, 5.74) is 1.38. The van der Waals surface area contributed by atoms with Crippen molar-refractivity contribution in [3.8, 4) is 0 Å². The molecule has 104 valence electrons. The molecular weight excluding hydrogens is 257 g/mol. The van der Waals surface area contributed by atoms with Crippen LogP contribution in [0.4, 0.5) is 4.39 Å². The Morgan fingerprint density at radius 3 is 2.95 bits per heavy atom. The third-order valence-electron chi connectivity index (χ3n) is 3.57. The van der Waals surface area contributed by atoms with Crippen molar-refractivity contribution < 1.29 is 9.18 Å². The van der Waals surface area contributed by atoms with Gasteiger partial charge in [-0.2, -0.15) is 0 Å². The van der Waals surface area contributed by atoms with Gasteiger partial charge in [0.05, 0.1) is 6.04 Å². The zero-order valence-corrected chi connectivity index (χ0v) is 11.0. The molecule has 1 amide bonds. The van der Waals surface area contributed by atoms with E-state index in [0.29, 0.717) is 18.8 Å². The maximum atomic E-state index is 13.4. The van der Waals surface area contributed by atoms with Gasteiger partial charge in [0.1, 0.15) is 11.5 Å². The third kappa shape index (κ3) is 2.44. The Balaban J connectivity index is 1.89. The van der Waals surface area contributed by atoms with Crippen LogP contribution in [0.3, 0.4) is 0 Å². The molecule has 2 aromatic rings. The molecule has 1 aliphatic rings. The van der Waals surface area contributed by atoms with Gasteiger partial charge in [-0.25, -0.2) is 4.39 Å². The fourth-order valence-electron chi connectivity index (χ4n) is 2.58. The predicted molar refractivity (Wildman–Crippen MR) is 73.8 cm³/mol. The van der Waals surface area contributed by atoms with Gasteiger partial charge in [0.15, 0.2) is 0 Å². The summed E-state index contributed by atoms with van der Waals surface area (Å²) in [5, 5.41) is 3.26. The second kappa shape index (κ2) is 5.46. The molecule has 3 rings (SSSR count). The van der Waals surface area contributed by atoms with E-state index in [9.17, 15) is 9.18 Å². The number of hydrogen-bond acceptors (Lipinski definition) is 2. The summed E-state index contributed by atoms with van der Waals surface area (Å²) in [6.07, 6.45) is 1.73. The van der Waals surface area contributed by atoms with E-state index in [0.717, 1.165) is 12.1 Å². The molecule has 0 aliphatic carbocycles. The van der Waals surface area contributed by atoms with E-state index in [1.54, 1.807) is 29.3 Å². The van der Waals surface area contributed by atoms with Crippen LogP contribution in [0.1, 0.15) is 22.1 Å². The predicted octanol–water partition coefficient (Wildman–Crippen LogP) is 1.94. The van der Waals surface area contributed by atoms with Crippen molar-refractivity contribution in [3.05, 3.63) is 59.7 Å².